The minimum absolute atomic E-state index is 0.107. The fraction of sp³-hybridized carbons (Fsp3) is 0.312. The molecule has 1 atom stereocenters. The van der Waals surface area contributed by atoms with Gasteiger partial charge < -0.3 is 19.9 Å². The van der Waals surface area contributed by atoms with Gasteiger partial charge >= 0.3 is 0 Å². The lowest BCUT2D eigenvalue weighted by Gasteiger charge is -2.17. The third-order valence-corrected chi connectivity index (χ3v) is 3.72. The Labute approximate surface area is 128 Å². The Morgan fingerprint density at radius 2 is 2.14 bits per heavy atom. The second kappa shape index (κ2) is 5.53. The molecule has 0 bridgehead atoms. The van der Waals surface area contributed by atoms with E-state index in [1.165, 1.54) is 0 Å². The summed E-state index contributed by atoms with van der Waals surface area (Å²) in [6, 6.07) is 9.22. The first-order valence-electron chi connectivity index (χ1n) is 7.12. The van der Waals surface area contributed by atoms with Crippen LogP contribution >= 0.6 is 0 Å². The number of rotatable bonds is 4. The number of hydrogen-bond acceptors (Lipinski definition) is 5. The summed E-state index contributed by atoms with van der Waals surface area (Å²) in [7, 11) is 0. The number of hydrogen-bond donors (Lipinski definition) is 1. The highest BCUT2D eigenvalue weighted by Crippen LogP contribution is 2.39. The van der Waals surface area contributed by atoms with Crippen LogP contribution in [-0.4, -0.2) is 11.4 Å². The van der Waals surface area contributed by atoms with Gasteiger partial charge in [0.2, 0.25) is 12.7 Å². The van der Waals surface area contributed by atoms with Crippen molar-refractivity contribution in [2.24, 2.45) is 0 Å². The van der Waals surface area contributed by atoms with Crippen LogP contribution in [0.2, 0.25) is 0 Å². The molecule has 114 valence electrons. The molecule has 2 aromatic rings. The number of benzene rings is 1. The van der Waals surface area contributed by atoms with Crippen LogP contribution in [0.5, 0.6) is 23.1 Å². The Balaban J connectivity index is 1.98. The van der Waals surface area contributed by atoms with E-state index in [2.05, 4.69) is 6.07 Å². The summed E-state index contributed by atoms with van der Waals surface area (Å²) in [5, 5.41) is 9.28. The second-order valence-electron chi connectivity index (χ2n) is 5.15. The maximum atomic E-state index is 9.28. The molecule has 0 amide bonds. The third kappa shape index (κ3) is 2.31. The maximum Gasteiger partial charge on any atom is 0.231 e. The fourth-order valence-corrected chi connectivity index (χ4v) is 2.39. The Hall–Kier alpha value is -2.81. The Bertz CT molecular complexity index is 746. The lowest BCUT2D eigenvalue weighted by Crippen LogP contribution is -2.08. The summed E-state index contributed by atoms with van der Waals surface area (Å²) in [5.74, 6) is 2.39. The van der Waals surface area contributed by atoms with Gasteiger partial charge in [0.05, 0.1) is 5.69 Å². The smallest absolute Gasteiger partial charge is 0.231 e. The van der Waals surface area contributed by atoms with E-state index < -0.39 is 0 Å². The van der Waals surface area contributed by atoms with Crippen LogP contribution in [0.15, 0.2) is 24.3 Å². The predicted octanol–water partition coefficient (Wildman–Crippen LogP) is 3.43. The molecule has 0 spiro atoms. The fourth-order valence-electron chi connectivity index (χ4n) is 2.39. The number of aromatic nitrogens is 1. The first kappa shape index (κ1) is 14.1. The standard InChI is InChI=1S/C16H17N3O3/c1-3-10(2)19-11(8-17)6-13(18)16(19)22-12-4-5-14-15(7-12)21-9-20-14/h4-7,10H,3,9,18H2,1-2H3/t10-/m1/s1. The number of nitrogens with zero attached hydrogens (tertiary/aromatic N) is 2. The van der Waals surface area contributed by atoms with Crippen LogP contribution in [0.4, 0.5) is 5.69 Å². The van der Waals surface area contributed by atoms with Crippen LogP contribution in [0, 0.1) is 11.3 Å². The van der Waals surface area contributed by atoms with Crippen molar-refractivity contribution in [2.75, 3.05) is 12.5 Å². The number of nitriles is 1. The van der Waals surface area contributed by atoms with Gasteiger partial charge in [0.25, 0.3) is 0 Å². The predicted molar refractivity (Wildman–Crippen MR) is 81.2 cm³/mol. The van der Waals surface area contributed by atoms with Crippen molar-refractivity contribution >= 4 is 5.69 Å². The van der Waals surface area contributed by atoms with E-state index in [0.29, 0.717) is 34.5 Å². The van der Waals surface area contributed by atoms with Crippen LogP contribution in [-0.2, 0) is 0 Å². The lowest BCUT2D eigenvalue weighted by atomic mass is 10.2. The van der Waals surface area contributed by atoms with Crippen molar-refractivity contribution in [2.45, 2.75) is 26.3 Å². The van der Waals surface area contributed by atoms with Crippen molar-refractivity contribution in [3.8, 4) is 29.2 Å². The molecule has 0 saturated heterocycles. The molecule has 2 N–H and O–H groups in total. The molecule has 6 nitrogen and oxygen atoms in total. The molecule has 22 heavy (non-hydrogen) atoms. The van der Waals surface area contributed by atoms with E-state index in [9.17, 15) is 5.26 Å². The number of ether oxygens (including phenoxy) is 3. The van der Waals surface area contributed by atoms with Gasteiger partial charge in [0.1, 0.15) is 17.5 Å². The van der Waals surface area contributed by atoms with E-state index in [-0.39, 0.29) is 12.8 Å². The minimum atomic E-state index is 0.107. The van der Waals surface area contributed by atoms with E-state index in [4.69, 9.17) is 19.9 Å². The van der Waals surface area contributed by atoms with Gasteiger partial charge in [-0.15, -0.1) is 0 Å². The lowest BCUT2D eigenvalue weighted by molar-refractivity contribution is 0.174. The average molecular weight is 299 g/mol. The van der Waals surface area contributed by atoms with Crippen molar-refractivity contribution in [3.05, 3.63) is 30.0 Å². The second-order valence-corrected chi connectivity index (χ2v) is 5.15. The average Bonchev–Trinajstić information content (AvgIpc) is 3.11. The number of nitrogen functional groups attached to an aromatic ring is 1. The molecule has 3 rings (SSSR count). The molecule has 0 saturated carbocycles. The largest absolute Gasteiger partial charge is 0.454 e. The summed E-state index contributed by atoms with van der Waals surface area (Å²) in [6.45, 7) is 4.28. The molecule has 0 fully saturated rings. The molecule has 1 aliphatic heterocycles. The molecule has 1 aliphatic rings. The summed E-state index contributed by atoms with van der Waals surface area (Å²) < 4.78 is 18.4. The van der Waals surface area contributed by atoms with E-state index in [1.54, 1.807) is 24.3 Å². The zero-order valence-electron chi connectivity index (χ0n) is 12.5. The molecule has 1 aromatic carbocycles. The molecular formula is C16H17N3O3. The van der Waals surface area contributed by atoms with Crippen LogP contribution in [0.3, 0.4) is 0 Å². The maximum absolute atomic E-state index is 9.28. The summed E-state index contributed by atoms with van der Waals surface area (Å²) in [4.78, 5) is 0. The minimum Gasteiger partial charge on any atom is -0.454 e. The zero-order chi connectivity index (χ0) is 15.7. The first-order chi connectivity index (χ1) is 10.6. The van der Waals surface area contributed by atoms with Gasteiger partial charge in [-0.3, -0.25) is 4.57 Å². The monoisotopic (exact) mass is 299 g/mol. The van der Waals surface area contributed by atoms with Gasteiger partial charge in [-0.2, -0.15) is 5.26 Å². The van der Waals surface area contributed by atoms with Crippen LogP contribution < -0.4 is 19.9 Å². The summed E-state index contributed by atoms with van der Waals surface area (Å²) in [5.41, 5.74) is 6.95. The van der Waals surface area contributed by atoms with Gasteiger partial charge in [0.15, 0.2) is 11.5 Å². The van der Waals surface area contributed by atoms with Crippen molar-refractivity contribution in [3.63, 3.8) is 0 Å². The normalized spacial score (nSPS) is 13.7. The first-order valence-corrected chi connectivity index (χ1v) is 7.12. The van der Waals surface area contributed by atoms with Crippen molar-refractivity contribution < 1.29 is 14.2 Å². The van der Waals surface area contributed by atoms with Gasteiger partial charge in [0, 0.05) is 18.2 Å². The van der Waals surface area contributed by atoms with E-state index in [1.807, 2.05) is 18.4 Å². The molecule has 0 unspecified atom stereocenters. The Morgan fingerprint density at radius 3 is 2.86 bits per heavy atom. The molecule has 6 heteroatoms. The SMILES string of the molecule is CC[C@@H](C)n1c(C#N)cc(N)c1Oc1ccc2c(c1)OCO2. The van der Waals surface area contributed by atoms with Gasteiger partial charge in [-0.1, -0.05) is 6.92 Å². The topological polar surface area (TPSA) is 82.4 Å². The molecular weight excluding hydrogens is 282 g/mol. The highest BCUT2D eigenvalue weighted by atomic mass is 16.7. The zero-order valence-corrected chi connectivity index (χ0v) is 12.5. The van der Waals surface area contributed by atoms with Crippen LogP contribution in [0.25, 0.3) is 0 Å². The number of fused-ring (bicyclic) bond motifs is 1. The quantitative estimate of drug-likeness (QED) is 0.935. The summed E-state index contributed by atoms with van der Waals surface area (Å²) >= 11 is 0. The molecule has 2 heterocycles. The number of nitrogens with two attached hydrogens (primary N) is 1. The Morgan fingerprint density at radius 1 is 1.36 bits per heavy atom. The van der Waals surface area contributed by atoms with Gasteiger partial charge in [-0.25, -0.2) is 0 Å². The van der Waals surface area contributed by atoms with Crippen molar-refractivity contribution in [1.82, 2.24) is 4.57 Å². The molecule has 0 aliphatic carbocycles. The van der Waals surface area contributed by atoms with Crippen molar-refractivity contribution in [1.29, 1.82) is 5.26 Å². The highest BCUT2D eigenvalue weighted by Gasteiger charge is 2.20. The van der Waals surface area contributed by atoms with Crippen LogP contribution in [0.1, 0.15) is 32.0 Å². The van der Waals surface area contributed by atoms with E-state index >= 15 is 0 Å². The summed E-state index contributed by atoms with van der Waals surface area (Å²) in [6.07, 6.45) is 0.861. The molecule has 0 radical (unpaired) electrons. The Kier molecular flexibility index (Phi) is 3.55. The van der Waals surface area contributed by atoms with E-state index in [0.717, 1.165) is 6.42 Å². The highest BCUT2D eigenvalue weighted by molar-refractivity contribution is 5.57. The number of anilines is 1. The third-order valence-electron chi connectivity index (χ3n) is 3.72. The molecule has 1 aromatic heterocycles. The van der Waals surface area contributed by atoms with Gasteiger partial charge in [-0.05, 0) is 25.5 Å².